The van der Waals surface area contributed by atoms with Crippen LogP contribution >= 0.6 is 0 Å². The van der Waals surface area contributed by atoms with Crippen molar-refractivity contribution >= 4 is 17.7 Å². The molecule has 0 aliphatic heterocycles. The van der Waals surface area contributed by atoms with Crippen LogP contribution < -0.4 is 21.5 Å². The topological polar surface area (TPSA) is 125 Å². The number of aryl methyl sites for hydroxylation is 1. The summed E-state index contributed by atoms with van der Waals surface area (Å²) in [4.78, 5) is 34.3. The fraction of sp³-hybridized carbons (Fsp3) is 0.438. The monoisotopic (exact) mass is 321 g/mol. The van der Waals surface area contributed by atoms with Crippen LogP contribution in [0.1, 0.15) is 37.8 Å². The highest BCUT2D eigenvalue weighted by molar-refractivity contribution is 6.06. The van der Waals surface area contributed by atoms with Gasteiger partial charge in [-0.1, -0.05) is 26.0 Å². The van der Waals surface area contributed by atoms with Gasteiger partial charge in [0.2, 0.25) is 11.8 Å². The molecule has 1 aromatic rings. The first-order chi connectivity index (χ1) is 10.6. The third-order valence-electron chi connectivity index (χ3n) is 3.32. The standard InChI is InChI=1S/C16H23N3O4/c1-8(2)11-6-5-9(3)7-12(11)23-10(4)16(22)19-13(14(17)20)15(18)21/h5-8,10,13H,1-4H3,(H2,17,20)(H2,18,21)(H,19,22)/t10-/m0/s1. The number of carbonyl (C=O) groups is 3. The van der Waals surface area contributed by atoms with Gasteiger partial charge in [-0.2, -0.15) is 0 Å². The molecule has 7 nitrogen and oxygen atoms in total. The van der Waals surface area contributed by atoms with Gasteiger partial charge in [-0.3, -0.25) is 14.4 Å². The largest absolute Gasteiger partial charge is 0.481 e. The summed E-state index contributed by atoms with van der Waals surface area (Å²) in [6.45, 7) is 7.45. The minimum Gasteiger partial charge on any atom is -0.481 e. The summed E-state index contributed by atoms with van der Waals surface area (Å²) in [7, 11) is 0. The molecule has 0 saturated carbocycles. The van der Waals surface area contributed by atoms with Gasteiger partial charge in [0.15, 0.2) is 12.1 Å². The van der Waals surface area contributed by atoms with Gasteiger partial charge in [-0.15, -0.1) is 0 Å². The van der Waals surface area contributed by atoms with E-state index in [2.05, 4.69) is 5.32 Å². The highest BCUT2D eigenvalue weighted by Crippen LogP contribution is 2.28. The highest BCUT2D eigenvalue weighted by Gasteiger charge is 2.27. The molecule has 7 heteroatoms. The maximum Gasteiger partial charge on any atom is 0.261 e. The third-order valence-corrected chi connectivity index (χ3v) is 3.32. The SMILES string of the molecule is Cc1ccc(C(C)C)c(O[C@@H](C)C(=O)NC(C(N)=O)C(N)=O)c1. The van der Waals surface area contributed by atoms with Crippen LogP contribution in [0.4, 0.5) is 0 Å². The van der Waals surface area contributed by atoms with Crippen molar-refractivity contribution in [1.29, 1.82) is 0 Å². The minimum absolute atomic E-state index is 0.213. The lowest BCUT2D eigenvalue weighted by molar-refractivity contribution is -0.136. The number of amides is 3. The molecule has 0 radical (unpaired) electrons. The molecule has 0 unspecified atom stereocenters. The molecule has 0 aliphatic rings. The van der Waals surface area contributed by atoms with E-state index in [4.69, 9.17) is 16.2 Å². The molecule has 0 heterocycles. The Kier molecular flexibility index (Phi) is 6.12. The zero-order chi connectivity index (χ0) is 17.7. The van der Waals surface area contributed by atoms with E-state index in [0.717, 1.165) is 11.1 Å². The van der Waals surface area contributed by atoms with Gasteiger partial charge in [0.05, 0.1) is 0 Å². The number of rotatable bonds is 7. The first-order valence-electron chi connectivity index (χ1n) is 7.29. The van der Waals surface area contributed by atoms with Gasteiger partial charge in [0.1, 0.15) is 5.75 Å². The molecule has 1 atom stereocenters. The molecule has 0 aromatic heterocycles. The van der Waals surface area contributed by atoms with E-state index in [0.29, 0.717) is 5.75 Å². The molecule has 3 amide bonds. The molecular formula is C16H23N3O4. The van der Waals surface area contributed by atoms with E-state index in [9.17, 15) is 14.4 Å². The van der Waals surface area contributed by atoms with Gasteiger partial charge in [0, 0.05) is 0 Å². The van der Waals surface area contributed by atoms with Crippen LogP contribution in [0.15, 0.2) is 18.2 Å². The Balaban J connectivity index is 2.89. The predicted octanol–water partition coefficient (Wildman–Crippen LogP) is 0.341. The van der Waals surface area contributed by atoms with Gasteiger partial charge in [-0.05, 0) is 37.0 Å². The number of primary amides is 2. The predicted molar refractivity (Wildman–Crippen MR) is 85.7 cm³/mol. The fourth-order valence-electron chi connectivity index (χ4n) is 2.01. The Labute approximate surface area is 135 Å². The van der Waals surface area contributed by atoms with Gasteiger partial charge in [0.25, 0.3) is 5.91 Å². The molecule has 1 rings (SSSR count). The van der Waals surface area contributed by atoms with E-state index >= 15 is 0 Å². The normalized spacial score (nSPS) is 12.1. The second kappa shape index (κ2) is 7.62. The fourth-order valence-corrected chi connectivity index (χ4v) is 2.01. The molecule has 0 fully saturated rings. The lowest BCUT2D eigenvalue weighted by Crippen LogP contribution is -2.55. The second-order valence-electron chi connectivity index (χ2n) is 5.70. The van der Waals surface area contributed by atoms with E-state index < -0.39 is 29.9 Å². The van der Waals surface area contributed by atoms with Crippen molar-refractivity contribution in [3.63, 3.8) is 0 Å². The first kappa shape index (κ1) is 18.5. The van der Waals surface area contributed by atoms with Crippen molar-refractivity contribution < 1.29 is 19.1 Å². The molecule has 0 saturated heterocycles. The summed E-state index contributed by atoms with van der Waals surface area (Å²) in [5, 5.41) is 2.19. The number of nitrogens with one attached hydrogen (secondary N) is 1. The van der Waals surface area contributed by atoms with Crippen LogP contribution in [0.3, 0.4) is 0 Å². The number of benzene rings is 1. The molecule has 23 heavy (non-hydrogen) atoms. The van der Waals surface area contributed by atoms with Crippen LogP contribution in [0.25, 0.3) is 0 Å². The summed E-state index contributed by atoms with van der Waals surface area (Å²) in [5.41, 5.74) is 12.0. The average Bonchev–Trinajstić information content (AvgIpc) is 2.43. The first-order valence-corrected chi connectivity index (χ1v) is 7.29. The van der Waals surface area contributed by atoms with Crippen LogP contribution in [0, 0.1) is 6.92 Å². The minimum atomic E-state index is -1.56. The van der Waals surface area contributed by atoms with Crippen molar-refractivity contribution in [3.8, 4) is 5.75 Å². The smallest absolute Gasteiger partial charge is 0.261 e. The maximum atomic E-state index is 12.1. The summed E-state index contributed by atoms with van der Waals surface area (Å²) in [6, 6.07) is 4.17. The average molecular weight is 321 g/mol. The van der Waals surface area contributed by atoms with E-state index in [1.807, 2.05) is 39.0 Å². The Morgan fingerprint density at radius 3 is 2.13 bits per heavy atom. The Bertz CT molecular complexity index is 599. The summed E-state index contributed by atoms with van der Waals surface area (Å²) >= 11 is 0. The summed E-state index contributed by atoms with van der Waals surface area (Å²) < 4.78 is 5.69. The van der Waals surface area contributed by atoms with Crippen molar-refractivity contribution in [1.82, 2.24) is 5.32 Å². The van der Waals surface area contributed by atoms with Gasteiger partial charge < -0.3 is 21.5 Å². The molecule has 126 valence electrons. The lowest BCUT2D eigenvalue weighted by Gasteiger charge is -2.20. The Hall–Kier alpha value is -2.57. The zero-order valence-electron chi connectivity index (χ0n) is 13.8. The van der Waals surface area contributed by atoms with Crippen LogP contribution in [0.2, 0.25) is 0 Å². The van der Waals surface area contributed by atoms with Gasteiger partial charge in [-0.25, -0.2) is 0 Å². The van der Waals surface area contributed by atoms with Crippen molar-refractivity contribution in [2.75, 3.05) is 0 Å². The van der Waals surface area contributed by atoms with E-state index in [1.165, 1.54) is 6.92 Å². The van der Waals surface area contributed by atoms with E-state index in [-0.39, 0.29) is 5.92 Å². The van der Waals surface area contributed by atoms with Crippen LogP contribution in [-0.4, -0.2) is 29.9 Å². The molecular weight excluding hydrogens is 298 g/mol. The maximum absolute atomic E-state index is 12.1. The van der Waals surface area contributed by atoms with Crippen molar-refractivity contribution in [3.05, 3.63) is 29.3 Å². The number of hydrogen-bond acceptors (Lipinski definition) is 4. The molecule has 5 N–H and O–H groups in total. The van der Waals surface area contributed by atoms with Crippen molar-refractivity contribution in [2.24, 2.45) is 11.5 Å². The van der Waals surface area contributed by atoms with Gasteiger partial charge >= 0.3 is 0 Å². The van der Waals surface area contributed by atoms with Crippen LogP contribution in [-0.2, 0) is 14.4 Å². The lowest BCUT2D eigenvalue weighted by atomic mass is 10.0. The molecule has 0 bridgehead atoms. The number of hydrogen-bond donors (Lipinski definition) is 3. The summed E-state index contributed by atoms with van der Waals surface area (Å²) in [5.74, 6) is -1.89. The van der Waals surface area contributed by atoms with Crippen molar-refractivity contribution in [2.45, 2.75) is 45.8 Å². The highest BCUT2D eigenvalue weighted by atomic mass is 16.5. The van der Waals surface area contributed by atoms with Crippen LogP contribution in [0.5, 0.6) is 5.75 Å². The molecule has 0 aliphatic carbocycles. The number of nitrogens with two attached hydrogens (primary N) is 2. The Morgan fingerprint density at radius 2 is 1.65 bits per heavy atom. The number of ether oxygens (including phenoxy) is 1. The molecule has 1 aromatic carbocycles. The number of carbonyl (C=O) groups excluding carboxylic acids is 3. The molecule has 0 spiro atoms. The van der Waals surface area contributed by atoms with E-state index in [1.54, 1.807) is 0 Å². The Morgan fingerprint density at radius 1 is 1.09 bits per heavy atom. The quantitative estimate of drug-likeness (QED) is 0.626. The summed E-state index contributed by atoms with van der Waals surface area (Å²) in [6.07, 6.45) is -0.921. The third kappa shape index (κ3) is 4.98. The zero-order valence-corrected chi connectivity index (χ0v) is 13.8. The second-order valence-corrected chi connectivity index (χ2v) is 5.70.